The minimum Gasteiger partial charge on any atom is -0.481 e. The number of carboxylic acids is 1. The number of carboxylic acid groups (broad SMARTS) is 1. The van der Waals surface area contributed by atoms with Crippen molar-refractivity contribution in [3.8, 4) is 0 Å². The molecule has 2 atom stereocenters. The second-order valence-electron chi connectivity index (χ2n) is 5.37. The standard InChI is InChI=1S/C13H15F3N2O4/c1-6-8(7(2)22-17-6)3-11(19)18-4-9(12(20)21)10(5-18)13(14,15)16/h9-10H,3-5H2,1-2H3,(H,20,21)/t9-,10-/m1/s1. The van der Waals surface area contributed by atoms with Gasteiger partial charge in [0.25, 0.3) is 0 Å². The van der Waals surface area contributed by atoms with Gasteiger partial charge in [-0.1, -0.05) is 5.16 Å². The van der Waals surface area contributed by atoms with Crippen LogP contribution in [0.25, 0.3) is 0 Å². The lowest BCUT2D eigenvalue weighted by Crippen LogP contribution is -2.34. The van der Waals surface area contributed by atoms with Crippen LogP contribution in [0.4, 0.5) is 13.2 Å². The first-order valence-corrected chi connectivity index (χ1v) is 6.60. The summed E-state index contributed by atoms with van der Waals surface area (Å²) in [5.74, 6) is -5.36. The normalized spacial score (nSPS) is 22.1. The van der Waals surface area contributed by atoms with Crippen molar-refractivity contribution >= 4 is 11.9 Å². The third kappa shape index (κ3) is 3.07. The average Bonchev–Trinajstić information content (AvgIpc) is 2.97. The number of hydrogen-bond acceptors (Lipinski definition) is 4. The molecule has 0 radical (unpaired) electrons. The minimum atomic E-state index is -4.65. The summed E-state index contributed by atoms with van der Waals surface area (Å²) in [6.45, 7) is 2.15. The Morgan fingerprint density at radius 1 is 1.36 bits per heavy atom. The Bertz CT molecular complexity index is 577. The lowest BCUT2D eigenvalue weighted by atomic mass is 9.96. The second-order valence-corrected chi connectivity index (χ2v) is 5.37. The van der Waals surface area contributed by atoms with Gasteiger partial charge in [-0.3, -0.25) is 9.59 Å². The number of likely N-dealkylation sites (tertiary alicyclic amines) is 1. The van der Waals surface area contributed by atoms with Crippen LogP contribution in [-0.2, 0) is 16.0 Å². The van der Waals surface area contributed by atoms with Gasteiger partial charge >= 0.3 is 12.1 Å². The molecule has 1 fully saturated rings. The SMILES string of the molecule is Cc1noc(C)c1CC(=O)N1C[C@@H](C(F)(F)F)[C@H](C(=O)O)C1. The van der Waals surface area contributed by atoms with Crippen molar-refractivity contribution in [2.24, 2.45) is 11.8 Å². The number of carbonyl (C=O) groups is 2. The van der Waals surface area contributed by atoms with Gasteiger partial charge < -0.3 is 14.5 Å². The summed E-state index contributed by atoms with van der Waals surface area (Å²) in [5.41, 5.74) is 1.01. The largest absolute Gasteiger partial charge is 0.481 e. The first-order chi connectivity index (χ1) is 10.1. The molecule has 1 aliphatic rings. The van der Waals surface area contributed by atoms with Crippen LogP contribution in [0.1, 0.15) is 17.0 Å². The van der Waals surface area contributed by atoms with Crippen LogP contribution in [0.15, 0.2) is 4.52 Å². The maximum atomic E-state index is 12.9. The molecule has 1 saturated heterocycles. The van der Waals surface area contributed by atoms with Gasteiger partial charge in [0, 0.05) is 18.7 Å². The van der Waals surface area contributed by atoms with Crippen LogP contribution in [0.5, 0.6) is 0 Å². The summed E-state index contributed by atoms with van der Waals surface area (Å²) in [6.07, 6.45) is -4.81. The number of aromatic nitrogens is 1. The molecule has 1 aromatic heterocycles. The molecule has 6 nitrogen and oxygen atoms in total. The zero-order valence-corrected chi connectivity index (χ0v) is 12.0. The predicted molar refractivity (Wildman–Crippen MR) is 66.9 cm³/mol. The fraction of sp³-hybridized carbons (Fsp3) is 0.615. The summed E-state index contributed by atoms with van der Waals surface area (Å²) >= 11 is 0. The van der Waals surface area contributed by atoms with E-state index in [1.165, 1.54) is 0 Å². The van der Waals surface area contributed by atoms with Crippen molar-refractivity contribution in [1.29, 1.82) is 0 Å². The van der Waals surface area contributed by atoms with Gasteiger partial charge in [0.1, 0.15) is 5.76 Å². The van der Waals surface area contributed by atoms with E-state index in [4.69, 9.17) is 9.63 Å². The molecule has 0 aliphatic carbocycles. The summed E-state index contributed by atoms with van der Waals surface area (Å²) in [7, 11) is 0. The van der Waals surface area contributed by atoms with Crippen molar-refractivity contribution in [3.05, 3.63) is 17.0 Å². The van der Waals surface area contributed by atoms with E-state index in [0.29, 0.717) is 17.0 Å². The van der Waals surface area contributed by atoms with E-state index in [-0.39, 0.29) is 6.42 Å². The summed E-state index contributed by atoms with van der Waals surface area (Å²) in [6, 6.07) is 0. The summed E-state index contributed by atoms with van der Waals surface area (Å²) in [4.78, 5) is 24.1. The fourth-order valence-corrected chi connectivity index (χ4v) is 2.61. The van der Waals surface area contributed by atoms with Gasteiger partial charge in [0.2, 0.25) is 5.91 Å². The number of alkyl halides is 3. The first kappa shape index (κ1) is 16.3. The van der Waals surface area contributed by atoms with Crippen molar-refractivity contribution < 1.29 is 32.4 Å². The zero-order chi connectivity index (χ0) is 16.7. The van der Waals surface area contributed by atoms with E-state index in [1.807, 2.05) is 0 Å². The molecule has 2 rings (SSSR count). The number of hydrogen-bond donors (Lipinski definition) is 1. The molecule has 1 amide bonds. The van der Waals surface area contributed by atoms with Crippen molar-refractivity contribution in [2.75, 3.05) is 13.1 Å². The lowest BCUT2D eigenvalue weighted by Gasteiger charge is -2.18. The van der Waals surface area contributed by atoms with Gasteiger partial charge in [0.15, 0.2) is 0 Å². The number of rotatable bonds is 3. The third-order valence-corrected chi connectivity index (χ3v) is 3.92. The Morgan fingerprint density at radius 2 is 2.00 bits per heavy atom. The number of carbonyl (C=O) groups excluding carboxylic acids is 1. The lowest BCUT2D eigenvalue weighted by molar-refractivity contribution is -0.188. The van der Waals surface area contributed by atoms with Gasteiger partial charge in [-0.05, 0) is 13.8 Å². The highest BCUT2D eigenvalue weighted by atomic mass is 19.4. The number of halogens is 3. The topological polar surface area (TPSA) is 83.6 Å². The molecule has 9 heteroatoms. The van der Waals surface area contributed by atoms with E-state index in [1.54, 1.807) is 13.8 Å². The highest BCUT2D eigenvalue weighted by molar-refractivity contribution is 5.81. The molecule has 0 bridgehead atoms. The number of aryl methyl sites for hydroxylation is 2. The van der Waals surface area contributed by atoms with Crippen LogP contribution < -0.4 is 0 Å². The number of amides is 1. The smallest absolute Gasteiger partial charge is 0.394 e. The molecular formula is C13H15F3N2O4. The van der Waals surface area contributed by atoms with Gasteiger partial charge in [-0.2, -0.15) is 13.2 Å². The quantitative estimate of drug-likeness (QED) is 0.913. The van der Waals surface area contributed by atoms with Crippen molar-refractivity contribution in [3.63, 3.8) is 0 Å². The monoisotopic (exact) mass is 320 g/mol. The highest BCUT2D eigenvalue weighted by Crippen LogP contribution is 2.38. The van der Waals surface area contributed by atoms with Gasteiger partial charge in [-0.15, -0.1) is 0 Å². The average molecular weight is 320 g/mol. The Hall–Kier alpha value is -2.06. The molecule has 1 aromatic rings. The molecule has 1 N–H and O–H groups in total. The Balaban J connectivity index is 2.13. The number of nitrogens with zero attached hydrogens (tertiary/aromatic N) is 2. The van der Waals surface area contributed by atoms with Crippen LogP contribution >= 0.6 is 0 Å². The van der Waals surface area contributed by atoms with Crippen LogP contribution in [0.3, 0.4) is 0 Å². The molecular weight excluding hydrogens is 305 g/mol. The van der Waals surface area contributed by atoms with Gasteiger partial charge in [-0.25, -0.2) is 0 Å². The van der Waals surface area contributed by atoms with Gasteiger partial charge in [0.05, 0.1) is 24.0 Å². The number of aliphatic carboxylic acids is 1. The molecule has 2 heterocycles. The predicted octanol–water partition coefficient (Wildman–Crippen LogP) is 1.56. The van der Waals surface area contributed by atoms with Crippen LogP contribution in [0, 0.1) is 25.7 Å². The molecule has 1 aliphatic heterocycles. The van der Waals surface area contributed by atoms with E-state index >= 15 is 0 Å². The second kappa shape index (κ2) is 5.62. The van der Waals surface area contributed by atoms with E-state index in [0.717, 1.165) is 4.90 Å². The maximum Gasteiger partial charge on any atom is 0.394 e. The van der Waals surface area contributed by atoms with Crippen LogP contribution in [0.2, 0.25) is 0 Å². The summed E-state index contributed by atoms with van der Waals surface area (Å²) in [5, 5.41) is 12.6. The molecule has 0 saturated carbocycles. The fourth-order valence-electron chi connectivity index (χ4n) is 2.61. The third-order valence-electron chi connectivity index (χ3n) is 3.92. The van der Waals surface area contributed by atoms with E-state index < -0.39 is 43.0 Å². The Morgan fingerprint density at radius 3 is 2.41 bits per heavy atom. The highest BCUT2D eigenvalue weighted by Gasteiger charge is 2.53. The molecule has 22 heavy (non-hydrogen) atoms. The molecule has 122 valence electrons. The van der Waals surface area contributed by atoms with E-state index in [2.05, 4.69) is 5.16 Å². The first-order valence-electron chi connectivity index (χ1n) is 6.60. The zero-order valence-electron chi connectivity index (χ0n) is 12.0. The Kier molecular flexibility index (Phi) is 4.17. The molecule has 0 unspecified atom stereocenters. The minimum absolute atomic E-state index is 0.155. The maximum absolute atomic E-state index is 12.9. The van der Waals surface area contributed by atoms with Crippen LogP contribution in [-0.4, -0.2) is 46.3 Å². The molecule has 0 spiro atoms. The Labute approximate surface area is 123 Å². The molecule has 0 aromatic carbocycles. The summed E-state index contributed by atoms with van der Waals surface area (Å²) < 4.78 is 43.6. The van der Waals surface area contributed by atoms with Crippen molar-refractivity contribution in [1.82, 2.24) is 10.1 Å². The van der Waals surface area contributed by atoms with Crippen molar-refractivity contribution in [2.45, 2.75) is 26.4 Å². The van der Waals surface area contributed by atoms with E-state index in [9.17, 15) is 22.8 Å².